The summed E-state index contributed by atoms with van der Waals surface area (Å²) in [5.74, 6) is 1.66. The lowest BCUT2D eigenvalue weighted by molar-refractivity contribution is -0.126. The van der Waals surface area contributed by atoms with E-state index in [1.54, 1.807) is 24.1 Å². The van der Waals surface area contributed by atoms with Gasteiger partial charge in [-0.25, -0.2) is 0 Å². The molecule has 1 aromatic heterocycles. The summed E-state index contributed by atoms with van der Waals surface area (Å²) in [6, 6.07) is 21.8. The van der Waals surface area contributed by atoms with E-state index in [0.717, 1.165) is 16.4 Å². The molecule has 6 heteroatoms. The Kier molecular flexibility index (Phi) is 7.10. The van der Waals surface area contributed by atoms with E-state index < -0.39 is 0 Å². The number of rotatable bonds is 7. The van der Waals surface area contributed by atoms with Crippen molar-refractivity contribution >= 4 is 23.6 Å². The van der Waals surface area contributed by atoms with Crippen LogP contribution in [0.3, 0.4) is 0 Å². The van der Waals surface area contributed by atoms with Gasteiger partial charge in [-0.3, -0.25) is 9.59 Å². The van der Waals surface area contributed by atoms with Gasteiger partial charge in [0.15, 0.2) is 0 Å². The predicted octanol–water partition coefficient (Wildman–Crippen LogP) is 4.74. The Morgan fingerprint density at radius 3 is 2.39 bits per heavy atom. The molecule has 0 saturated carbocycles. The van der Waals surface area contributed by atoms with Crippen LogP contribution in [-0.2, 0) is 17.1 Å². The third-order valence-corrected chi connectivity index (χ3v) is 6.60. The number of furan rings is 1. The van der Waals surface area contributed by atoms with E-state index in [1.807, 2.05) is 53.4 Å². The third kappa shape index (κ3) is 5.79. The minimum atomic E-state index is -0.0595. The highest BCUT2D eigenvalue weighted by atomic mass is 32.2. The first-order chi connectivity index (χ1) is 15.2. The molecule has 2 heterocycles. The summed E-state index contributed by atoms with van der Waals surface area (Å²) in [6.45, 7) is 1.60. The lowest BCUT2D eigenvalue weighted by Gasteiger charge is -2.31. The molecule has 160 valence electrons. The summed E-state index contributed by atoms with van der Waals surface area (Å²) in [4.78, 5) is 28.2. The zero-order valence-corrected chi connectivity index (χ0v) is 18.1. The topological polar surface area (TPSA) is 62.6 Å². The van der Waals surface area contributed by atoms with Crippen molar-refractivity contribution < 1.29 is 14.0 Å². The molecule has 1 aliphatic rings. The Morgan fingerprint density at radius 2 is 1.71 bits per heavy atom. The molecule has 2 amide bonds. The maximum Gasteiger partial charge on any atom is 0.253 e. The van der Waals surface area contributed by atoms with Crippen molar-refractivity contribution in [3.05, 3.63) is 89.9 Å². The highest BCUT2D eigenvalue weighted by molar-refractivity contribution is 7.98. The second-order valence-electron chi connectivity index (χ2n) is 7.66. The zero-order valence-electron chi connectivity index (χ0n) is 17.3. The smallest absolute Gasteiger partial charge is 0.253 e. The SMILES string of the molecule is O=C(NCc1ccco1)C1CCN(C(=O)c2ccc(SCc3ccccc3)cc2)CC1. The van der Waals surface area contributed by atoms with Gasteiger partial charge in [-0.15, -0.1) is 11.8 Å². The first-order valence-electron chi connectivity index (χ1n) is 10.6. The second kappa shape index (κ2) is 10.4. The van der Waals surface area contributed by atoms with Crippen molar-refractivity contribution in [3.8, 4) is 0 Å². The first kappa shape index (κ1) is 21.2. The quantitative estimate of drug-likeness (QED) is 0.546. The van der Waals surface area contributed by atoms with Crippen molar-refractivity contribution in [2.45, 2.75) is 30.0 Å². The number of likely N-dealkylation sites (tertiary alicyclic amines) is 1. The number of thioether (sulfide) groups is 1. The molecule has 4 rings (SSSR count). The Morgan fingerprint density at radius 1 is 0.968 bits per heavy atom. The fourth-order valence-electron chi connectivity index (χ4n) is 3.69. The minimum absolute atomic E-state index is 0.0308. The van der Waals surface area contributed by atoms with Gasteiger partial charge in [-0.1, -0.05) is 30.3 Å². The minimum Gasteiger partial charge on any atom is -0.467 e. The molecule has 31 heavy (non-hydrogen) atoms. The van der Waals surface area contributed by atoms with Crippen LogP contribution in [0.5, 0.6) is 0 Å². The molecular formula is C25H26N2O3S. The molecule has 1 saturated heterocycles. The van der Waals surface area contributed by atoms with Crippen LogP contribution in [0, 0.1) is 5.92 Å². The Labute approximate surface area is 186 Å². The van der Waals surface area contributed by atoms with E-state index in [1.165, 1.54) is 5.56 Å². The normalized spacial score (nSPS) is 14.4. The van der Waals surface area contributed by atoms with Crippen LogP contribution < -0.4 is 5.32 Å². The molecule has 0 aliphatic carbocycles. The molecule has 0 spiro atoms. The number of nitrogens with zero attached hydrogens (tertiary/aromatic N) is 1. The number of carbonyl (C=O) groups is 2. The molecule has 0 atom stereocenters. The largest absolute Gasteiger partial charge is 0.467 e. The Hall–Kier alpha value is -2.99. The van der Waals surface area contributed by atoms with Gasteiger partial charge in [0, 0.05) is 35.2 Å². The van der Waals surface area contributed by atoms with Gasteiger partial charge >= 0.3 is 0 Å². The van der Waals surface area contributed by atoms with Gasteiger partial charge in [0.05, 0.1) is 12.8 Å². The van der Waals surface area contributed by atoms with Crippen LogP contribution in [0.25, 0.3) is 0 Å². The van der Waals surface area contributed by atoms with Gasteiger partial charge in [0.2, 0.25) is 5.91 Å². The summed E-state index contributed by atoms with van der Waals surface area (Å²) in [5, 5.41) is 2.92. The fraction of sp³-hybridized carbons (Fsp3) is 0.280. The summed E-state index contributed by atoms with van der Waals surface area (Å²) in [7, 11) is 0. The highest BCUT2D eigenvalue weighted by Gasteiger charge is 2.27. The van der Waals surface area contributed by atoms with Gasteiger partial charge in [0.1, 0.15) is 5.76 Å². The van der Waals surface area contributed by atoms with E-state index in [0.29, 0.717) is 38.0 Å². The average molecular weight is 435 g/mol. The lowest BCUT2D eigenvalue weighted by Crippen LogP contribution is -2.42. The molecule has 0 radical (unpaired) electrons. The van der Waals surface area contributed by atoms with Gasteiger partial charge in [-0.2, -0.15) is 0 Å². The summed E-state index contributed by atoms with van der Waals surface area (Å²) in [5.41, 5.74) is 1.98. The van der Waals surface area contributed by atoms with Crippen molar-refractivity contribution in [2.24, 2.45) is 5.92 Å². The first-order valence-corrected chi connectivity index (χ1v) is 11.5. The Bertz CT molecular complexity index is 979. The van der Waals surface area contributed by atoms with Crippen LogP contribution in [0.2, 0.25) is 0 Å². The van der Waals surface area contributed by atoms with Crippen LogP contribution in [0.15, 0.2) is 82.3 Å². The van der Waals surface area contributed by atoms with Crippen molar-refractivity contribution in [2.75, 3.05) is 13.1 Å². The summed E-state index contributed by atoms with van der Waals surface area (Å²) in [6.07, 6.45) is 2.96. The second-order valence-corrected chi connectivity index (χ2v) is 8.71. The van der Waals surface area contributed by atoms with Gasteiger partial charge in [0.25, 0.3) is 5.91 Å². The zero-order chi connectivity index (χ0) is 21.5. The Balaban J connectivity index is 1.24. The van der Waals surface area contributed by atoms with E-state index >= 15 is 0 Å². The van der Waals surface area contributed by atoms with Crippen molar-refractivity contribution in [1.29, 1.82) is 0 Å². The number of hydrogen-bond donors (Lipinski definition) is 1. The molecule has 5 nitrogen and oxygen atoms in total. The van der Waals surface area contributed by atoms with Gasteiger partial charge in [-0.05, 0) is 54.8 Å². The van der Waals surface area contributed by atoms with Crippen LogP contribution in [0.1, 0.15) is 34.5 Å². The number of piperidine rings is 1. The molecule has 1 aliphatic heterocycles. The monoisotopic (exact) mass is 434 g/mol. The van der Waals surface area contributed by atoms with Gasteiger partial charge < -0.3 is 14.6 Å². The average Bonchev–Trinajstić information content (AvgIpc) is 3.36. The van der Waals surface area contributed by atoms with Crippen LogP contribution in [0.4, 0.5) is 0 Å². The van der Waals surface area contributed by atoms with E-state index in [9.17, 15) is 9.59 Å². The highest BCUT2D eigenvalue weighted by Crippen LogP contribution is 2.24. The summed E-state index contributed by atoms with van der Waals surface area (Å²) < 4.78 is 5.25. The lowest BCUT2D eigenvalue weighted by atomic mass is 9.95. The molecule has 3 aromatic rings. The van der Waals surface area contributed by atoms with E-state index in [4.69, 9.17) is 4.42 Å². The number of carbonyl (C=O) groups excluding carboxylic acids is 2. The number of amides is 2. The van der Waals surface area contributed by atoms with E-state index in [-0.39, 0.29) is 17.7 Å². The standard InChI is InChI=1S/C25H26N2O3S/c28-24(26-17-22-7-4-16-30-22)20-12-14-27(15-13-20)25(29)21-8-10-23(11-9-21)31-18-19-5-2-1-3-6-19/h1-11,16,20H,12-15,17-18H2,(H,26,28). The van der Waals surface area contributed by atoms with E-state index in [2.05, 4.69) is 17.4 Å². The maximum absolute atomic E-state index is 12.9. The van der Waals surface area contributed by atoms with Crippen molar-refractivity contribution in [1.82, 2.24) is 10.2 Å². The molecule has 0 unspecified atom stereocenters. The number of benzene rings is 2. The molecule has 0 bridgehead atoms. The van der Waals surface area contributed by atoms with Crippen LogP contribution >= 0.6 is 11.8 Å². The fourth-order valence-corrected chi connectivity index (χ4v) is 4.55. The molecule has 1 fully saturated rings. The number of hydrogen-bond acceptors (Lipinski definition) is 4. The molecule has 2 aromatic carbocycles. The van der Waals surface area contributed by atoms with Crippen molar-refractivity contribution in [3.63, 3.8) is 0 Å². The number of nitrogens with one attached hydrogen (secondary N) is 1. The third-order valence-electron chi connectivity index (χ3n) is 5.52. The molecular weight excluding hydrogens is 408 g/mol. The predicted molar refractivity (Wildman–Crippen MR) is 122 cm³/mol. The van der Waals surface area contributed by atoms with Crippen LogP contribution in [-0.4, -0.2) is 29.8 Å². The maximum atomic E-state index is 12.9. The molecule has 1 N–H and O–H groups in total. The summed E-state index contributed by atoms with van der Waals surface area (Å²) >= 11 is 1.76.